The molecular formula is C20H18ClFN2O2. The van der Waals surface area contributed by atoms with Crippen molar-refractivity contribution in [1.29, 1.82) is 0 Å². The lowest BCUT2D eigenvalue weighted by Gasteiger charge is -2.16. The van der Waals surface area contributed by atoms with Gasteiger partial charge in [-0.1, -0.05) is 35.9 Å². The molecule has 0 saturated carbocycles. The van der Waals surface area contributed by atoms with Crippen molar-refractivity contribution in [3.63, 3.8) is 0 Å². The van der Waals surface area contributed by atoms with Gasteiger partial charge in [0.05, 0.1) is 6.54 Å². The number of aliphatic hydroxyl groups is 1. The number of hydrogen-bond donors (Lipinski definition) is 1. The van der Waals surface area contributed by atoms with Gasteiger partial charge in [0, 0.05) is 34.9 Å². The Morgan fingerprint density at radius 3 is 2.58 bits per heavy atom. The van der Waals surface area contributed by atoms with Crippen LogP contribution in [0, 0.1) is 12.7 Å². The summed E-state index contributed by atoms with van der Waals surface area (Å²) in [6.07, 6.45) is 0.233. The zero-order valence-corrected chi connectivity index (χ0v) is 15.0. The topological polar surface area (TPSA) is 55.1 Å². The molecule has 0 atom stereocenters. The third-order valence-electron chi connectivity index (χ3n) is 4.17. The number of hydrogen-bond acceptors (Lipinski definition) is 3. The van der Waals surface area contributed by atoms with Gasteiger partial charge in [-0.3, -0.25) is 9.36 Å². The molecule has 1 N–H and O–H groups in total. The maximum absolute atomic E-state index is 13.2. The Labute approximate surface area is 155 Å². The summed E-state index contributed by atoms with van der Waals surface area (Å²) in [5.41, 5.74) is 2.33. The molecule has 0 saturated heterocycles. The van der Waals surface area contributed by atoms with Crippen LogP contribution >= 0.6 is 11.6 Å². The average Bonchev–Trinajstić information content (AvgIpc) is 2.62. The smallest absolute Gasteiger partial charge is 0.257 e. The van der Waals surface area contributed by atoms with E-state index < -0.39 is 0 Å². The number of rotatable bonds is 5. The summed E-state index contributed by atoms with van der Waals surface area (Å²) in [5.74, 6) is 0.153. The molecule has 0 aliphatic heterocycles. The summed E-state index contributed by atoms with van der Waals surface area (Å²) in [5, 5.41) is 9.81. The SMILES string of the molecule is Cc1nc(-c2cccc(Cl)c2)n(Cc2ccc(F)cc2)c(=O)c1CCO. The zero-order valence-electron chi connectivity index (χ0n) is 14.2. The first-order chi connectivity index (χ1) is 12.5. The molecule has 3 rings (SSSR count). The summed E-state index contributed by atoms with van der Waals surface area (Å²) in [4.78, 5) is 17.6. The van der Waals surface area contributed by atoms with E-state index in [-0.39, 0.29) is 30.9 Å². The molecule has 1 aromatic heterocycles. The first-order valence-corrected chi connectivity index (χ1v) is 8.59. The quantitative estimate of drug-likeness (QED) is 0.744. The van der Waals surface area contributed by atoms with Gasteiger partial charge in [0.1, 0.15) is 11.6 Å². The Balaban J connectivity index is 2.19. The third kappa shape index (κ3) is 3.84. The molecule has 0 unspecified atom stereocenters. The molecule has 0 aliphatic rings. The molecule has 3 aromatic rings. The van der Waals surface area contributed by atoms with Crippen LogP contribution in [0.2, 0.25) is 5.02 Å². The van der Waals surface area contributed by atoms with Gasteiger partial charge < -0.3 is 5.11 Å². The van der Waals surface area contributed by atoms with E-state index in [0.717, 1.165) is 11.1 Å². The summed E-state index contributed by atoms with van der Waals surface area (Å²) < 4.78 is 14.7. The third-order valence-corrected chi connectivity index (χ3v) is 4.40. The average molecular weight is 373 g/mol. The van der Waals surface area contributed by atoms with Crippen molar-refractivity contribution in [2.75, 3.05) is 6.61 Å². The fourth-order valence-electron chi connectivity index (χ4n) is 2.87. The second kappa shape index (κ2) is 7.81. The van der Waals surface area contributed by atoms with E-state index in [9.17, 15) is 14.3 Å². The number of aryl methyl sites for hydroxylation is 1. The minimum Gasteiger partial charge on any atom is -0.396 e. The van der Waals surface area contributed by atoms with Gasteiger partial charge >= 0.3 is 0 Å². The van der Waals surface area contributed by atoms with E-state index >= 15 is 0 Å². The molecule has 6 heteroatoms. The standard InChI is InChI=1S/C20H18ClFN2O2/c1-13-18(9-10-25)20(26)24(12-14-5-7-17(22)8-6-14)19(23-13)15-3-2-4-16(21)11-15/h2-8,11,25H,9-10,12H2,1H3. The van der Waals surface area contributed by atoms with Crippen molar-refractivity contribution >= 4 is 11.6 Å². The molecule has 134 valence electrons. The lowest BCUT2D eigenvalue weighted by atomic mass is 10.1. The highest BCUT2D eigenvalue weighted by atomic mass is 35.5. The molecule has 4 nitrogen and oxygen atoms in total. The molecule has 0 spiro atoms. The highest BCUT2D eigenvalue weighted by molar-refractivity contribution is 6.30. The summed E-state index contributed by atoms with van der Waals surface area (Å²) in [7, 11) is 0. The molecular weight excluding hydrogens is 355 g/mol. The molecule has 0 fully saturated rings. The number of halogens is 2. The van der Waals surface area contributed by atoms with Crippen LogP contribution < -0.4 is 5.56 Å². The van der Waals surface area contributed by atoms with Crippen molar-refractivity contribution in [3.8, 4) is 11.4 Å². The summed E-state index contributed by atoms with van der Waals surface area (Å²) >= 11 is 6.10. The van der Waals surface area contributed by atoms with Crippen LogP contribution in [0.3, 0.4) is 0 Å². The fraction of sp³-hybridized carbons (Fsp3) is 0.200. The van der Waals surface area contributed by atoms with Gasteiger partial charge in [0.2, 0.25) is 0 Å². The second-order valence-electron chi connectivity index (χ2n) is 6.00. The first-order valence-electron chi connectivity index (χ1n) is 8.21. The van der Waals surface area contributed by atoms with Gasteiger partial charge in [-0.2, -0.15) is 0 Å². The number of nitrogens with zero attached hydrogens (tertiary/aromatic N) is 2. The van der Waals surface area contributed by atoms with Crippen molar-refractivity contribution in [1.82, 2.24) is 9.55 Å². The molecule has 0 amide bonds. The highest BCUT2D eigenvalue weighted by Gasteiger charge is 2.16. The van der Waals surface area contributed by atoms with E-state index in [1.807, 2.05) is 6.07 Å². The van der Waals surface area contributed by atoms with Crippen molar-refractivity contribution in [3.05, 3.63) is 86.5 Å². The van der Waals surface area contributed by atoms with E-state index in [0.29, 0.717) is 22.1 Å². The molecule has 2 aromatic carbocycles. The fourth-order valence-corrected chi connectivity index (χ4v) is 3.06. The van der Waals surface area contributed by atoms with E-state index in [4.69, 9.17) is 11.6 Å². The minimum atomic E-state index is -0.334. The maximum Gasteiger partial charge on any atom is 0.257 e. The predicted molar refractivity (Wildman–Crippen MR) is 100.0 cm³/mol. The van der Waals surface area contributed by atoms with Crippen LogP contribution in [0.5, 0.6) is 0 Å². The van der Waals surface area contributed by atoms with Crippen LogP contribution in [0.1, 0.15) is 16.8 Å². The lowest BCUT2D eigenvalue weighted by molar-refractivity contribution is 0.298. The number of aromatic nitrogens is 2. The largest absolute Gasteiger partial charge is 0.396 e. The normalized spacial score (nSPS) is 10.9. The first kappa shape index (κ1) is 18.3. The zero-order chi connectivity index (χ0) is 18.7. The Morgan fingerprint density at radius 1 is 1.19 bits per heavy atom. The predicted octanol–water partition coefficient (Wildman–Crippen LogP) is 3.59. The number of aliphatic hydroxyl groups excluding tert-OH is 1. The summed E-state index contributed by atoms with van der Waals surface area (Å²) in [6.45, 7) is 1.86. The Kier molecular flexibility index (Phi) is 5.49. The monoisotopic (exact) mass is 372 g/mol. The molecule has 26 heavy (non-hydrogen) atoms. The summed E-state index contributed by atoms with van der Waals surface area (Å²) in [6, 6.07) is 13.1. The molecule has 0 radical (unpaired) electrons. The molecule has 0 bridgehead atoms. The van der Waals surface area contributed by atoms with Crippen LogP contribution in [0.25, 0.3) is 11.4 Å². The van der Waals surface area contributed by atoms with Gasteiger partial charge in [-0.25, -0.2) is 9.37 Å². The number of benzene rings is 2. The Hall–Kier alpha value is -2.50. The Bertz CT molecular complexity index is 984. The van der Waals surface area contributed by atoms with Gasteiger partial charge in [0.15, 0.2) is 0 Å². The van der Waals surface area contributed by atoms with Crippen LogP contribution in [0.15, 0.2) is 53.3 Å². The van der Waals surface area contributed by atoms with Crippen molar-refractivity contribution in [2.24, 2.45) is 0 Å². The highest BCUT2D eigenvalue weighted by Crippen LogP contribution is 2.22. The minimum absolute atomic E-state index is 0.134. The van der Waals surface area contributed by atoms with Gasteiger partial charge in [-0.05, 0) is 36.8 Å². The lowest BCUT2D eigenvalue weighted by Crippen LogP contribution is -2.29. The van der Waals surface area contributed by atoms with Crippen molar-refractivity contribution < 1.29 is 9.50 Å². The Morgan fingerprint density at radius 2 is 1.92 bits per heavy atom. The van der Waals surface area contributed by atoms with Crippen LogP contribution in [-0.2, 0) is 13.0 Å². The van der Waals surface area contributed by atoms with Gasteiger partial charge in [0.25, 0.3) is 5.56 Å². The van der Waals surface area contributed by atoms with Gasteiger partial charge in [-0.15, -0.1) is 0 Å². The second-order valence-corrected chi connectivity index (χ2v) is 6.44. The molecule has 0 aliphatic carbocycles. The van der Waals surface area contributed by atoms with E-state index in [1.165, 1.54) is 16.7 Å². The van der Waals surface area contributed by atoms with E-state index in [1.54, 1.807) is 37.3 Å². The maximum atomic E-state index is 13.2. The van der Waals surface area contributed by atoms with E-state index in [2.05, 4.69) is 4.98 Å². The van der Waals surface area contributed by atoms with Crippen LogP contribution in [-0.4, -0.2) is 21.3 Å². The van der Waals surface area contributed by atoms with Crippen LogP contribution in [0.4, 0.5) is 4.39 Å². The molecule has 1 heterocycles. The van der Waals surface area contributed by atoms with Crippen molar-refractivity contribution in [2.45, 2.75) is 19.9 Å².